The van der Waals surface area contributed by atoms with Crippen molar-refractivity contribution in [3.05, 3.63) is 28.8 Å². The van der Waals surface area contributed by atoms with Gasteiger partial charge in [-0.25, -0.2) is 0 Å². The Bertz CT molecular complexity index is 534. The Hall–Kier alpha value is -0.915. The smallest absolute Gasteiger partial charge is 0.399 e. The van der Waals surface area contributed by atoms with Gasteiger partial charge in [-0.15, -0.1) is 0 Å². The molecule has 6 heteroatoms. The SMILES string of the molecule is Cc1cc(C)c(B2O[C@H]3[C@@H]4OC[C@@H](O4)[C@@H](O2)[C@@H]3O)c(C)c1. The lowest BCUT2D eigenvalue weighted by atomic mass is 9.70. The molecule has 0 saturated carbocycles. The number of aliphatic hydroxyl groups is 1. The van der Waals surface area contributed by atoms with Crippen LogP contribution in [-0.2, 0) is 18.8 Å². The van der Waals surface area contributed by atoms with Crippen LogP contribution in [0.15, 0.2) is 12.1 Å². The van der Waals surface area contributed by atoms with Gasteiger partial charge in [0.05, 0.1) is 6.61 Å². The summed E-state index contributed by atoms with van der Waals surface area (Å²) in [4.78, 5) is 0. The molecule has 5 nitrogen and oxygen atoms in total. The fourth-order valence-corrected chi connectivity index (χ4v) is 3.68. The second-order valence-corrected chi connectivity index (χ2v) is 6.21. The maximum absolute atomic E-state index is 10.3. The molecule has 112 valence electrons. The van der Waals surface area contributed by atoms with Gasteiger partial charge in [-0.05, 0) is 26.2 Å². The van der Waals surface area contributed by atoms with Crippen LogP contribution in [0.25, 0.3) is 0 Å². The van der Waals surface area contributed by atoms with Crippen LogP contribution in [0.5, 0.6) is 0 Å². The van der Waals surface area contributed by atoms with E-state index in [1.54, 1.807) is 0 Å². The lowest BCUT2D eigenvalue weighted by Crippen LogP contribution is -2.65. The number of fused-ring (bicyclic) bond motifs is 6. The van der Waals surface area contributed by atoms with E-state index in [9.17, 15) is 5.11 Å². The Morgan fingerprint density at radius 3 is 2.48 bits per heavy atom. The molecule has 0 aromatic heterocycles. The van der Waals surface area contributed by atoms with Crippen molar-refractivity contribution in [3.8, 4) is 0 Å². The molecule has 3 heterocycles. The first-order valence-corrected chi connectivity index (χ1v) is 7.38. The van der Waals surface area contributed by atoms with Gasteiger partial charge < -0.3 is 23.9 Å². The van der Waals surface area contributed by atoms with E-state index in [0.29, 0.717) is 6.61 Å². The van der Waals surface area contributed by atoms with E-state index in [1.807, 2.05) is 0 Å². The summed E-state index contributed by atoms with van der Waals surface area (Å²) in [5.41, 5.74) is 4.54. The minimum absolute atomic E-state index is 0.210. The van der Waals surface area contributed by atoms with Gasteiger partial charge in [-0.2, -0.15) is 0 Å². The summed E-state index contributed by atoms with van der Waals surface area (Å²) >= 11 is 0. The quantitative estimate of drug-likeness (QED) is 0.749. The van der Waals surface area contributed by atoms with Crippen LogP contribution in [0.1, 0.15) is 16.7 Å². The molecule has 21 heavy (non-hydrogen) atoms. The molecule has 0 radical (unpaired) electrons. The standard InChI is InChI=1S/C15H19BO5/c1-7-4-8(2)11(9(3)5-7)16-20-13-10-6-18-15(19-10)14(21-16)12(13)17/h4-5,10,12-15,17H,6H2,1-3H3/t10-,12+,13-,14-,15-/m1/s1. The summed E-state index contributed by atoms with van der Waals surface area (Å²) in [6.07, 6.45) is -2.28. The molecule has 3 saturated heterocycles. The van der Waals surface area contributed by atoms with Crippen molar-refractivity contribution < 1.29 is 23.9 Å². The van der Waals surface area contributed by atoms with Crippen LogP contribution in [0, 0.1) is 20.8 Å². The molecular formula is C15H19BO5. The Morgan fingerprint density at radius 1 is 1.10 bits per heavy atom. The molecule has 5 atom stereocenters. The molecule has 3 fully saturated rings. The zero-order chi connectivity index (χ0) is 14.7. The van der Waals surface area contributed by atoms with E-state index in [-0.39, 0.29) is 6.10 Å². The average Bonchev–Trinajstić information content (AvgIpc) is 2.84. The van der Waals surface area contributed by atoms with Gasteiger partial charge in [-0.3, -0.25) is 0 Å². The van der Waals surface area contributed by atoms with Gasteiger partial charge in [0, 0.05) is 0 Å². The molecule has 0 unspecified atom stereocenters. The van der Waals surface area contributed by atoms with Gasteiger partial charge in [0.25, 0.3) is 0 Å². The van der Waals surface area contributed by atoms with Gasteiger partial charge in [0.2, 0.25) is 0 Å². The Kier molecular flexibility index (Phi) is 3.13. The predicted octanol–water partition coefficient (Wildman–Crippen LogP) is 0.207. The van der Waals surface area contributed by atoms with Crippen molar-refractivity contribution in [1.82, 2.24) is 0 Å². The number of ether oxygens (including phenoxy) is 2. The zero-order valence-corrected chi connectivity index (χ0v) is 12.4. The third kappa shape index (κ3) is 2.05. The first kappa shape index (κ1) is 13.7. The first-order chi connectivity index (χ1) is 10.0. The first-order valence-electron chi connectivity index (χ1n) is 7.38. The summed E-state index contributed by atoms with van der Waals surface area (Å²) in [7, 11) is -0.473. The molecule has 0 aliphatic carbocycles. The summed E-state index contributed by atoms with van der Waals surface area (Å²) in [5.74, 6) is 0. The van der Waals surface area contributed by atoms with E-state index in [2.05, 4.69) is 32.9 Å². The molecule has 1 N–H and O–H groups in total. The molecule has 0 amide bonds. The summed E-state index contributed by atoms with van der Waals surface area (Å²) < 4.78 is 23.2. The van der Waals surface area contributed by atoms with Crippen molar-refractivity contribution in [3.63, 3.8) is 0 Å². The number of rotatable bonds is 1. The van der Waals surface area contributed by atoms with Crippen LogP contribution in [0.4, 0.5) is 0 Å². The van der Waals surface area contributed by atoms with Crippen LogP contribution < -0.4 is 5.46 Å². The van der Waals surface area contributed by atoms with Crippen molar-refractivity contribution in [2.45, 2.75) is 51.5 Å². The Labute approximate surface area is 124 Å². The highest BCUT2D eigenvalue weighted by atomic mass is 16.8. The fraction of sp³-hybridized carbons (Fsp3) is 0.600. The molecule has 3 aliphatic heterocycles. The lowest BCUT2D eigenvalue weighted by molar-refractivity contribution is -0.243. The van der Waals surface area contributed by atoms with Crippen LogP contribution in [-0.4, -0.2) is 49.5 Å². The maximum Gasteiger partial charge on any atom is 0.495 e. The van der Waals surface area contributed by atoms with Crippen LogP contribution >= 0.6 is 0 Å². The highest BCUT2D eigenvalue weighted by Gasteiger charge is 2.57. The molecule has 1 aromatic carbocycles. The van der Waals surface area contributed by atoms with Crippen molar-refractivity contribution in [2.75, 3.05) is 6.61 Å². The number of benzene rings is 1. The average molecular weight is 290 g/mol. The zero-order valence-electron chi connectivity index (χ0n) is 12.4. The molecule has 1 aromatic rings. The highest BCUT2D eigenvalue weighted by molar-refractivity contribution is 6.62. The molecule has 0 spiro atoms. The van der Waals surface area contributed by atoms with E-state index in [4.69, 9.17) is 18.8 Å². The number of hydrogen-bond donors (Lipinski definition) is 1. The molecule has 3 aliphatic rings. The van der Waals surface area contributed by atoms with Crippen molar-refractivity contribution in [2.24, 2.45) is 0 Å². The summed E-state index contributed by atoms with van der Waals surface area (Å²) in [6.45, 7) is 6.65. The molecular weight excluding hydrogens is 271 g/mol. The Morgan fingerprint density at radius 2 is 1.76 bits per heavy atom. The second kappa shape index (κ2) is 4.79. The topological polar surface area (TPSA) is 57.2 Å². The van der Waals surface area contributed by atoms with Gasteiger partial charge in [-0.1, -0.05) is 28.8 Å². The van der Waals surface area contributed by atoms with E-state index in [0.717, 1.165) is 16.6 Å². The van der Waals surface area contributed by atoms with E-state index in [1.165, 1.54) is 5.56 Å². The second-order valence-electron chi connectivity index (χ2n) is 6.21. The highest BCUT2D eigenvalue weighted by Crippen LogP contribution is 2.35. The van der Waals surface area contributed by atoms with Crippen molar-refractivity contribution >= 4 is 12.6 Å². The normalized spacial score (nSPS) is 37.9. The van der Waals surface area contributed by atoms with E-state index >= 15 is 0 Å². The van der Waals surface area contributed by atoms with Crippen molar-refractivity contribution in [1.29, 1.82) is 0 Å². The fourth-order valence-electron chi connectivity index (χ4n) is 3.68. The Balaban J connectivity index is 1.70. The molecule has 4 rings (SSSR count). The lowest BCUT2D eigenvalue weighted by Gasteiger charge is -2.44. The van der Waals surface area contributed by atoms with Gasteiger partial charge in [0.15, 0.2) is 6.29 Å². The monoisotopic (exact) mass is 290 g/mol. The summed E-state index contributed by atoms with van der Waals surface area (Å²) in [5, 5.41) is 10.3. The summed E-state index contributed by atoms with van der Waals surface area (Å²) in [6, 6.07) is 4.24. The molecule has 4 bridgehead atoms. The van der Waals surface area contributed by atoms with Crippen LogP contribution in [0.3, 0.4) is 0 Å². The van der Waals surface area contributed by atoms with Crippen LogP contribution in [0.2, 0.25) is 0 Å². The number of aliphatic hydroxyl groups excluding tert-OH is 1. The van der Waals surface area contributed by atoms with E-state index < -0.39 is 31.7 Å². The van der Waals surface area contributed by atoms with Gasteiger partial charge in [0.1, 0.15) is 24.4 Å². The minimum Gasteiger partial charge on any atom is -0.399 e. The third-order valence-electron chi connectivity index (χ3n) is 4.58. The number of hydrogen-bond acceptors (Lipinski definition) is 5. The minimum atomic E-state index is -0.696. The number of aryl methyl sites for hydroxylation is 3. The van der Waals surface area contributed by atoms with Gasteiger partial charge >= 0.3 is 7.12 Å². The maximum atomic E-state index is 10.3. The predicted molar refractivity (Wildman–Crippen MR) is 76.4 cm³/mol. The third-order valence-corrected chi connectivity index (χ3v) is 4.58. The largest absolute Gasteiger partial charge is 0.495 e.